The van der Waals surface area contributed by atoms with E-state index >= 15 is 0 Å². The van der Waals surface area contributed by atoms with Crippen molar-refractivity contribution in [3.63, 3.8) is 0 Å². The van der Waals surface area contributed by atoms with E-state index in [1.807, 2.05) is 43.3 Å². The molecule has 0 bridgehead atoms. The van der Waals surface area contributed by atoms with Crippen LogP contribution in [0.3, 0.4) is 0 Å². The number of hydrogen-bond acceptors (Lipinski definition) is 10. The lowest BCUT2D eigenvalue weighted by Gasteiger charge is -2.29. The zero-order chi connectivity index (χ0) is 25.7. The molecular weight excluding hydrogens is 482 g/mol. The summed E-state index contributed by atoms with van der Waals surface area (Å²) in [7, 11) is 1.93. The molecule has 2 aromatic carbocycles. The molecule has 36 heavy (non-hydrogen) atoms. The van der Waals surface area contributed by atoms with Crippen molar-refractivity contribution < 1.29 is 17.9 Å². The van der Waals surface area contributed by atoms with Gasteiger partial charge in [0.05, 0.1) is 55.5 Å². The molecule has 0 atom stereocenters. The number of sulfonamides is 1. The fraction of sp³-hybridized carbons (Fsp3) is 0.333. The maximum absolute atomic E-state index is 11.8. The van der Waals surface area contributed by atoms with Crippen LogP contribution in [-0.2, 0) is 14.8 Å². The van der Waals surface area contributed by atoms with Gasteiger partial charge in [-0.3, -0.25) is 4.72 Å². The van der Waals surface area contributed by atoms with E-state index in [0.29, 0.717) is 42.1 Å². The van der Waals surface area contributed by atoms with Crippen molar-refractivity contribution in [2.45, 2.75) is 0 Å². The second-order valence-corrected chi connectivity index (χ2v) is 10.2. The molecule has 0 unspecified atom stereocenters. The zero-order valence-corrected chi connectivity index (χ0v) is 21.6. The monoisotopic (exact) mass is 513 g/mol. The SMILES string of the molecule is COc1cc(N2CCOCC2)ccc1Nc1ncc(N(C)C)c(Nc2ccccc2NS(C)(=O)=O)n1. The fourth-order valence-electron chi connectivity index (χ4n) is 3.79. The minimum absolute atomic E-state index is 0.356. The van der Waals surface area contributed by atoms with E-state index in [0.717, 1.165) is 36.4 Å². The molecule has 12 heteroatoms. The van der Waals surface area contributed by atoms with Gasteiger partial charge in [-0.2, -0.15) is 4.98 Å². The lowest BCUT2D eigenvalue weighted by Crippen LogP contribution is -2.36. The predicted octanol–water partition coefficient (Wildman–Crippen LogP) is 3.25. The highest BCUT2D eigenvalue weighted by Crippen LogP contribution is 2.34. The van der Waals surface area contributed by atoms with Crippen molar-refractivity contribution in [2.75, 3.05) is 78.9 Å². The van der Waals surface area contributed by atoms with Crippen molar-refractivity contribution in [1.29, 1.82) is 0 Å². The van der Waals surface area contributed by atoms with Crippen LogP contribution in [0.4, 0.5) is 40.2 Å². The Balaban J connectivity index is 1.62. The quantitative estimate of drug-likeness (QED) is 0.393. The van der Waals surface area contributed by atoms with Crippen LogP contribution in [0.15, 0.2) is 48.7 Å². The van der Waals surface area contributed by atoms with Gasteiger partial charge < -0.3 is 29.9 Å². The number of benzene rings is 2. The van der Waals surface area contributed by atoms with Crippen LogP contribution < -0.4 is 29.9 Å². The molecule has 1 saturated heterocycles. The summed E-state index contributed by atoms with van der Waals surface area (Å²) in [6.45, 7) is 3.06. The van der Waals surface area contributed by atoms with Gasteiger partial charge in [0.25, 0.3) is 0 Å². The third-order valence-corrected chi connectivity index (χ3v) is 6.13. The molecule has 4 rings (SSSR count). The smallest absolute Gasteiger partial charge is 0.229 e. The van der Waals surface area contributed by atoms with Crippen molar-refractivity contribution in [2.24, 2.45) is 0 Å². The van der Waals surface area contributed by atoms with Gasteiger partial charge in [-0.1, -0.05) is 12.1 Å². The van der Waals surface area contributed by atoms with Crippen LogP contribution in [0.1, 0.15) is 0 Å². The van der Waals surface area contributed by atoms with E-state index in [4.69, 9.17) is 9.47 Å². The van der Waals surface area contributed by atoms with Crippen molar-refractivity contribution in [3.05, 3.63) is 48.7 Å². The molecule has 192 valence electrons. The number of hydrogen-bond donors (Lipinski definition) is 3. The zero-order valence-electron chi connectivity index (χ0n) is 20.8. The minimum Gasteiger partial charge on any atom is -0.494 e. The van der Waals surface area contributed by atoms with Crippen LogP contribution in [-0.4, -0.2) is 72.1 Å². The molecule has 2 heterocycles. The Bertz CT molecular complexity index is 1310. The van der Waals surface area contributed by atoms with Gasteiger partial charge >= 0.3 is 0 Å². The van der Waals surface area contributed by atoms with E-state index in [9.17, 15) is 8.42 Å². The third kappa shape index (κ3) is 6.26. The summed E-state index contributed by atoms with van der Waals surface area (Å²) >= 11 is 0. The lowest BCUT2D eigenvalue weighted by atomic mass is 10.2. The van der Waals surface area contributed by atoms with Gasteiger partial charge in [0.2, 0.25) is 16.0 Å². The summed E-state index contributed by atoms with van der Waals surface area (Å²) < 4.78 is 37.2. The molecule has 1 fully saturated rings. The fourth-order valence-corrected chi connectivity index (χ4v) is 4.36. The number of rotatable bonds is 9. The molecule has 1 aliphatic heterocycles. The first-order valence-corrected chi connectivity index (χ1v) is 13.3. The number of ether oxygens (including phenoxy) is 2. The van der Waals surface area contributed by atoms with Crippen LogP contribution in [0.5, 0.6) is 5.75 Å². The number of morpholine rings is 1. The maximum atomic E-state index is 11.8. The first kappa shape index (κ1) is 25.3. The highest BCUT2D eigenvalue weighted by atomic mass is 32.2. The average molecular weight is 514 g/mol. The molecule has 0 radical (unpaired) electrons. The molecule has 11 nitrogen and oxygen atoms in total. The van der Waals surface area contributed by atoms with E-state index in [1.165, 1.54) is 0 Å². The highest BCUT2D eigenvalue weighted by molar-refractivity contribution is 7.92. The van der Waals surface area contributed by atoms with Gasteiger partial charge in [-0.05, 0) is 24.3 Å². The van der Waals surface area contributed by atoms with E-state index < -0.39 is 10.0 Å². The summed E-state index contributed by atoms with van der Waals surface area (Å²) in [4.78, 5) is 13.3. The summed E-state index contributed by atoms with van der Waals surface area (Å²) in [5.74, 6) is 1.52. The number of aromatic nitrogens is 2. The normalized spacial score (nSPS) is 13.7. The molecule has 1 aliphatic rings. The number of para-hydroxylation sites is 2. The van der Waals surface area contributed by atoms with E-state index in [1.54, 1.807) is 31.5 Å². The molecule has 0 aliphatic carbocycles. The third-order valence-electron chi connectivity index (χ3n) is 5.53. The Hall–Kier alpha value is -3.77. The van der Waals surface area contributed by atoms with Crippen LogP contribution in [0.25, 0.3) is 0 Å². The Morgan fingerprint density at radius 3 is 2.42 bits per heavy atom. The second-order valence-electron chi connectivity index (χ2n) is 8.48. The molecule has 3 N–H and O–H groups in total. The van der Waals surface area contributed by atoms with Gasteiger partial charge in [0.15, 0.2) is 5.82 Å². The highest BCUT2D eigenvalue weighted by Gasteiger charge is 2.16. The van der Waals surface area contributed by atoms with E-state index in [2.05, 4.69) is 30.2 Å². The molecule has 3 aromatic rings. The second kappa shape index (κ2) is 10.9. The Morgan fingerprint density at radius 1 is 1.03 bits per heavy atom. The number of methoxy groups -OCH3 is 1. The Kier molecular flexibility index (Phi) is 7.65. The van der Waals surface area contributed by atoms with E-state index in [-0.39, 0.29) is 0 Å². The summed E-state index contributed by atoms with van der Waals surface area (Å²) in [6.07, 6.45) is 2.80. The van der Waals surface area contributed by atoms with Gasteiger partial charge in [0, 0.05) is 38.9 Å². The molecule has 0 amide bonds. The standard InChI is InChI=1S/C24H31N7O4S/c1-30(2)21-16-25-24(28-23(21)26-18-7-5-6-8-19(18)29-36(4,32)33)27-20-10-9-17(15-22(20)34-3)31-11-13-35-14-12-31/h5-10,15-16,29H,11-14H2,1-4H3,(H2,25,26,27,28). The predicted molar refractivity (Wildman–Crippen MR) is 144 cm³/mol. The number of nitrogens with one attached hydrogen (secondary N) is 3. The Morgan fingerprint density at radius 2 is 1.75 bits per heavy atom. The molecule has 1 aromatic heterocycles. The topological polar surface area (TPSA) is 121 Å². The average Bonchev–Trinajstić information content (AvgIpc) is 2.85. The first-order chi connectivity index (χ1) is 17.2. The molecule has 0 spiro atoms. The summed E-state index contributed by atoms with van der Waals surface area (Å²) in [6, 6.07) is 13.0. The Labute approximate surface area is 211 Å². The van der Waals surface area contributed by atoms with Crippen LogP contribution in [0.2, 0.25) is 0 Å². The van der Waals surface area contributed by atoms with Crippen molar-refractivity contribution in [1.82, 2.24) is 9.97 Å². The van der Waals surface area contributed by atoms with Crippen molar-refractivity contribution in [3.8, 4) is 5.75 Å². The lowest BCUT2D eigenvalue weighted by molar-refractivity contribution is 0.122. The van der Waals surface area contributed by atoms with Crippen LogP contribution in [0, 0.1) is 0 Å². The van der Waals surface area contributed by atoms with Gasteiger partial charge in [-0.25, -0.2) is 13.4 Å². The minimum atomic E-state index is -3.46. The number of nitrogens with zero attached hydrogens (tertiary/aromatic N) is 4. The van der Waals surface area contributed by atoms with Gasteiger partial charge in [0.1, 0.15) is 5.75 Å². The largest absolute Gasteiger partial charge is 0.494 e. The summed E-state index contributed by atoms with van der Waals surface area (Å²) in [5, 5.41) is 6.48. The first-order valence-electron chi connectivity index (χ1n) is 11.4. The van der Waals surface area contributed by atoms with Crippen LogP contribution >= 0.6 is 0 Å². The number of anilines is 7. The maximum Gasteiger partial charge on any atom is 0.229 e. The molecular formula is C24H31N7O4S. The van der Waals surface area contributed by atoms with Gasteiger partial charge in [-0.15, -0.1) is 0 Å². The van der Waals surface area contributed by atoms with Crippen molar-refractivity contribution >= 4 is 50.2 Å². The summed E-state index contributed by atoms with van der Waals surface area (Å²) in [5.41, 5.74) is 3.48. The molecule has 0 saturated carbocycles.